The summed E-state index contributed by atoms with van der Waals surface area (Å²) >= 11 is 2.62. The number of ether oxygens (including phenoxy) is 2. The average molecular weight is 477 g/mol. The molecule has 0 bridgehead atoms. The maximum Gasteiger partial charge on any atom is 0.340 e. The zero-order valence-corrected chi connectivity index (χ0v) is 19.7. The van der Waals surface area contributed by atoms with Crippen LogP contribution in [0.5, 0.6) is 0 Å². The number of aryl methyl sites for hydroxylation is 2. The van der Waals surface area contributed by atoms with Gasteiger partial charge in [0, 0.05) is 11.5 Å². The monoisotopic (exact) mass is 476 g/mol. The van der Waals surface area contributed by atoms with E-state index in [4.69, 9.17) is 13.9 Å². The number of methoxy groups -OCH3 is 1. The zero-order valence-electron chi connectivity index (χ0n) is 18.0. The molecule has 3 aromatic heterocycles. The second-order valence-corrected chi connectivity index (χ2v) is 9.57. The van der Waals surface area contributed by atoms with Crippen LogP contribution in [-0.4, -0.2) is 52.2 Å². The second-order valence-electron chi connectivity index (χ2n) is 7.37. The first-order chi connectivity index (χ1) is 15.5. The molecule has 1 fully saturated rings. The number of thiophene rings is 1. The first-order valence-corrected chi connectivity index (χ1v) is 12.0. The molecule has 4 heterocycles. The number of nitrogens with zero attached hydrogens (tertiary/aromatic N) is 3. The standard InChI is InChI=1S/C21H24N4O5S2/c1-12-9-16(20(27)28-3)19(32-12)22-17(26)11-31-21-24-23-18(15-6-8-29-13(15)2)25(21)10-14-5-4-7-30-14/h6,8-9,14H,4-5,7,10-11H2,1-3H3,(H,22,26). The van der Waals surface area contributed by atoms with Crippen LogP contribution in [0.25, 0.3) is 11.4 Å². The van der Waals surface area contributed by atoms with Crippen LogP contribution in [0.3, 0.4) is 0 Å². The van der Waals surface area contributed by atoms with Gasteiger partial charge in [-0.25, -0.2) is 4.79 Å². The Morgan fingerprint density at radius 3 is 2.91 bits per heavy atom. The molecule has 1 aliphatic heterocycles. The summed E-state index contributed by atoms with van der Waals surface area (Å²) in [6.45, 7) is 5.10. The predicted molar refractivity (Wildman–Crippen MR) is 121 cm³/mol. The molecule has 1 aliphatic rings. The molecule has 3 aromatic rings. The van der Waals surface area contributed by atoms with Gasteiger partial charge >= 0.3 is 5.97 Å². The van der Waals surface area contributed by atoms with E-state index in [1.165, 1.54) is 30.2 Å². The molecular weight excluding hydrogens is 452 g/mol. The number of esters is 1. The van der Waals surface area contributed by atoms with Crippen LogP contribution >= 0.6 is 23.1 Å². The Bertz CT molecular complexity index is 1110. The summed E-state index contributed by atoms with van der Waals surface area (Å²) in [7, 11) is 1.32. The van der Waals surface area contributed by atoms with E-state index in [0.29, 0.717) is 28.1 Å². The van der Waals surface area contributed by atoms with Crippen molar-refractivity contribution in [2.75, 3.05) is 24.8 Å². The Hall–Kier alpha value is -2.63. The van der Waals surface area contributed by atoms with Gasteiger partial charge in [-0.1, -0.05) is 11.8 Å². The zero-order chi connectivity index (χ0) is 22.7. The van der Waals surface area contributed by atoms with Crippen LogP contribution in [0.4, 0.5) is 5.00 Å². The predicted octanol–water partition coefficient (Wildman–Crippen LogP) is 3.91. The van der Waals surface area contributed by atoms with Crippen molar-refractivity contribution in [3.05, 3.63) is 34.6 Å². The lowest BCUT2D eigenvalue weighted by atomic mass is 10.2. The molecule has 32 heavy (non-hydrogen) atoms. The number of furan rings is 1. The molecule has 1 saturated heterocycles. The van der Waals surface area contributed by atoms with Crippen molar-refractivity contribution in [2.45, 2.75) is 44.5 Å². The molecule has 170 valence electrons. The number of rotatable bonds is 8. The number of thioether (sulfide) groups is 1. The van der Waals surface area contributed by atoms with Gasteiger partial charge < -0.3 is 19.2 Å². The van der Waals surface area contributed by atoms with Gasteiger partial charge in [-0.05, 0) is 38.8 Å². The fourth-order valence-electron chi connectivity index (χ4n) is 3.53. The first-order valence-electron chi connectivity index (χ1n) is 10.2. The summed E-state index contributed by atoms with van der Waals surface area (Å²) in [4.78, 5) is 25.5. The topological polar surface area (TPSA) is 108 Å². The van der Waals surface area contributed by atoms with Crippen LogP contribution in [0.15, 0.2) is 28.0 Å². The minimum atomic E-state index is -0.478. The quantitative estimate of drug-likeness (QED) is 0.385. The molecule has 11 heteroatoms. The number of carbonyl (C=O) groups excluding carboxylic acids is 2. The van der Waals surface area contributed by atoms with Crippen LogP contribution < -0.4 is 5.32 Å². The molecule has 0 aromatic carbocycles. The molecule has 0 saturated carbocycles. The summed E-state index contributed by atoms with van der Waals surface area (Å²) in [5, 5.41) is 12.6. The minimum absolute atomic E-state index is 0.0850. The van der Waals surface area contributed by atoms with Gasteiger partial charge in [0.1, 0.15) is 10.8 Å². The minimum Gasteiger partial charge on any atom is -0.469 e. The van der Waals surface area contributed by atoms with Crippen LogP contribution in [0, 0.1) is 13.8 Å². The Morgan fingerprint density at radius 1 is 1.38 bits per heavy atom. The third-order valence-electron chi connectivity index (χ3n) is 5.07. The lowest BCUT2D eigenvalue weighted by molar-refractivity contribution is -0.113. The Labute approximate surface area is 193 Å². The summed E-state index contributed by atoms with van der Waals surface area (Å²) in [6, 6.07) is 3.57. The van der Waals surface area contributed by atoms with Crippen LogP contribution in [0.2, 0.25) is 0 Å². The van der Waals surface area contributed by atoms with Gasteiger partial charge in [-0.15, -0.1) is 21.5 Å². The summed E-state index contributed by atoms with van der Waals surface area (Å²) in [5.74, 6) is 0.842. The van der Waals surface area contributed by atoms with Crippen molar-refractivity contribution in [1.29, 1.82) is 0 Å². The number of anilines is 1. The van der Waals surface area contributed by atoms with Gasteiger partial charge in [-0.3, -0.25) is 9.36 Å². The van der Waals surface area contributed by atoms with Gasteiger partial charge in [-0.2, -0.15) is 0 Å². The maximum absolute atomic E-state index is 12.6. The molecule has 1 unspecified atom stereocenters. The first kappa shape index (κ1) is 22.6. The lowest BCUT2D eigenvalue weighted by Crippen LogP contribution is -2.18. The summed E-state index contributed by atoms with van der Waals surface area (Å²) in [5.41, 5.74) is 1.22. The normalized spacial score (nSPS) is 15.8. The molecule has 9 nitrogen and oxygen atoms in total. The largest absolute Gasteiger partial charge is 0.469 e. The Kier molecular flexibility index (Phi) is 6.97. The van der Waals surface area contributed by atoms with Gasteiger partial charge in [0.2, 0.25) is 5.91 Å². The molecule has 1 N–H and O–H groups in total. The fraction of sp³-hybridized carbons (Fsp3) is 0.429. The highest BCUT2D eigenvalue weighted by atomic mass is 32.2. The highest BCUT2D eigenvalue weighted by Crippen LogP contribution is 2.30. The molecule has 1 amide bonds. The number of carbonyl (C=O) groups is 2. The van der Waals surface area contributed by atoms with Crippen LogP contribution in [-0.2, 0) is 20.8 Å². The van der Waals surface area contributed by atoms with E-state index in [-0.39, 0.29) is 17.8 Å². The van der Waals surface area contributed by atoms with E-state index in [9.17, 15) is 9.59 Å². The van der Waals surface area contributed by atoms with Crippen LogP contribution in [0.1, 0.15) is 33.8 Å². The Morgan fingerprint density at radius 2 is 2.22 bits per heavy atom. The van der Waals surface area contributed by atoms with E-state index >= 15 is 0 Å². The number of hydrogen-bond acceptors (Lipinski definition) is 9. The summed E-state index contributed by atoms with van der Waals surface area (Å²) in [6.07, 6.45) is 3.71. The van der Waals surface area contributed by atoms with Gasteiger partial charge in [0.05, 0.1) is 42.9 Å². The van der Waals surface area contributed by atoms with Gasteiger partial charge in [0.15, 0.2) is 11.0 Å². The van der Waals surface area contributed by atoms with Crippen molar-refractivity contribution < 1.29 is 23.5 Å². The van der Waals surface area contributed by atoms with Gasteiger partial charge in [0.25, 0.3) is 0 Å². The Balaban J connectivity index is 1.49. The van der Waals surface area contributed by atoms with Crippen molar-refractivity contribution in [1.82, 2.24) is 14.8 Å². The highest BCUT2D eigenvalue weighted by molar-refractivity contribution is 7.99. The van der Waals surface area contributed by atoms with Crippen molar-refractivity contribution in [3.63, 3.8) is 0 Å². The molecule has 1 atom stereocenters. The van der Waals surface area contributed by atoms with E-state index in [1.807, 2.05) is 24.5 Å². The van der Waals surface area contributed by atoms with Crippen molar-refractivity contribution >= 4 is 40.0 Å². The highest BCUT2D eigenvalue weighted by Gasteiger charge is 2.24. The third kappa shape index (κ3) is 4.89. The second kappa shape index (κ2) is 9.88. The average Bonchev–Trinajstić information content (AvgIpc) is 3.55. The SMILES string of the molecule is COC(=O)c1cc(C)sc1NC(=O)CSc1nnc(-c2ccoc2C)n1CC1CCCO1. The molecule has 0 aliphatic carbocycles. The van der Waals surface area contributed by atoms with E-state index in [0.717, 1.165) is 35.6 Å². The fourth-order valence-corrected chi connectivity index (χ4v) is 5.19. The molecule has 0 spiro atoms. The van der Waals surface area contributed by atoms with E-state index < -0.39 is 5.97 Å². The number of amides is 1. The van der Waals surface area contributed by atoms with Crippen molar-refractivity contribution in [2.24, 2.45) is 0 Å². The lowest BCUT2D eigenvalue weighted by Gasteiger charge is -2.14. The van der Waals surface area contributed by atoms with E-state index in [1.54, 1.807) is 12.3 Å². The number of hydrogen-bond donors (Lipinski definition) is 1. The maximum atomic E-state index is 12.6. The molecule has 0 radical (unpaired) electrons. The smallest absolute Gasteiger partial charge is 0.340 e. The molecule has 4 rings (SSSR count). The third-order valence-corrected chi connectivity index (χ3v) is 7.01. The number of nitrogens with one attached hydrogen (secondary N) is 1. The number of aromatic nitrogens is 3. The van der Waals surface area contributed by atoms with Crippen molar-refractivity contribution in [3.8, 4) is 11.4 Å². The molecular formula is C21H24N4O5S2. The summed E-state index contributed by atoms with van der Waals surface area (Å²) < 4.78 is 18.0. The van der Waals surface area contributed by atoms with E-state index in [2.05, 4.69) is 15.5 Å².